The van der Waals surface area contributed by atoms with Gasteiger partial charge in [-0.15, -0.1) is 0 Å². The van der Waals surface area contributed by atoms with Crippen molar-refractivity contribution in [2.75, 3.05) is 38.4 Å². The van der Waals surface area contributed by atoms with Gasteiger partial charge in [-0.3, -0.25) is 4.72 Å². The van der Waals surface area contributed by atoms with Crippen LogP contribution in [0.25, 0.3) is 0 Å². The van der Waals surface area contributed by atoms with Crippen LogP contribution in [-0.2, 0) is 0 Å². The van der Waals surface area contributed by atoms with E-state index >= 15 is 0 Å². The molecule has 4 heteroatoms. The Hall–Kier alpha value is -0.870. The summed E-state index contributed by atoms with van der Waals surface area (Å²) >= 11 is 1.62. The van der Waals surface area contributed by atoms with E-state index in [0.717, 1.165) is 5.69 Å². The van der Waals surface area contributed by atoms with Crippen LogP contribution in [0.4, 0.5) is 11.4 Å². The molecule has 0 aliphatic heterocycles. The van der Waals surface area contributed by atoms with Crippen LogP contribution in [-0.4, -0.2) is 28.2 Å². The summed E-state index contributed by atoms with van der Waals surface area (Å²) in [5.41, 5.74) is 2.35. The maximum absolute atomic E-state index is 3.19. The summed E-state index contributed by atoms with van der Waals surface area (Å²) in [6.45, 7) is 0. The van der Waals surface area contributed by atoms with Crippen LogP contribution < -0.4 is 14.9 Å². The summed E-state index contributed by atoms with van der Waals surface area (Å²) < 4.78 is 3.06. The van der Waals surface area contributed by atoms with E-state index in [1.807, 2.05) is 28.2 Å². The van der Waals surface area contributed by atoms with E-state index in [1.54, 1.807) is 11.9 Å². The first kappa shape index (κ1) is 11.2. The minimum absolute atomic E-state index is 1.15. The van der Waals surface area contributed by atoms with Gasteiger partial charge in [-0.1, -0.05) is 0 Å². The highest BCUT2D eigenvalue weighted by molar-refractivity contribution is 7.97. The molecule has 0 unspecified atom stereocenters. The van der Waals surface area contributed by atoms with E-state index in [0.29, 0.717) is 0 Å². The Labute approximate surface area is 90.0 Å². The lowest BCUT2D eigenvalue weighted by molar-refractivity contribution is 1.12. The fourth-order valence-corrected chi connectivity index (χ4v) is 1.84. The van der Waals surface area contributed by atoms with Crippen molar-refractivity contribution in [2.45, 2.75) is 4.90 Å². The summed E-state index contributed by atoms with van der Waals surface area (Å²) in [7, 11) is 7.95. The van der Waals surface area contributed by atoms with Crippen molar-refractivity contribution >= 4 is 23.3 Å². The number of hydrogen-bond donors (Lipinski definition) is 2. The molecule has 0 aliphatic carbocycles. The first-order chi connectivity index (χ1) is 6.69. The van der Waals surface area contributed by atoms with E-state index in [1.165, 1.54) is 10.6 Å². The molecule has 14 heavy (non-hydrogen) atoms. The largest absolute Gasteiger partial charge is 0.386 e. The van der Waals surface area contributed by atoms with Crippen LogP contribution in [0.5, 0.6) is 0 Å². The Balaban J connectivity index is 2.99. The number of benzene rings is 1. The van der Waals surface area contributed by atoms with E-state index in [4.69, 9.17) is 0 Å². The van der Waals surface area contributed by atoms with E-state index in [2.05, 4.69) is 33.1 Å². The molecule has 1 aromatic carbocycles. The highest BCUT2D eigenvalue weighted by atomic mass is 32.2. The third kappa shape index (κ3) is 2.56. The minimum Gasteiger partial charge on any atom is -0.386 e. The summed E-state index contributed by atoms with van der Waals surface area (Å²) in [5.74, 6) is 0. The maximum Gasteiger partial charge on any atom is 0.0597 e. The summed E-state index contributed by atoms with van der Waals surface area (Å²) in [5, 5.41) is 3.19. The molecule has 0 bridgehead atoms. The second kappa shape index (κ2) is 5.12. The van der Waals surface area contributed by atoms with Crippen molar-refractivity contribution in [3.05, 3.63) is 18.2 Å². The molecule has 0 aliphatic rings. The fourth-order valence-electron chi connectivity index (χ4n) is 1.29. The molecule has 0 heterocycles. The monoisotopic (exact) mass is 211 g/mol. The molecule has 0 fully saturated rings. The van der Waals surface area contributed by atoms with Gasteiger partial charge in [-0.2, -0.15) is 0 Å². The van der Waals surface area contributed by atoms with Crippen LogP contribution in [0, 0.1) is 0 Å². The van der Waals surface area contributed by atoms with Crippen molar-refractivity contribution in [2.24, 2.45) is 0 Å². The van der Waals surface area contributed by atoms with Gasteiger partial charge in [0.05, 0.1) is 11.4 Å². The van der Waals surface area contributed by atoms with Gasteiger partial charge >= 0.3 is 0 Å². The maximum atomic E-state index is 3.19. The zero-order valence-corrected chi connectivity index (χ0v) is 9.90. The molecule has 3 nitrogen and oxygen atoms in total. The van der Waals surface area contributed by atoms with Crippen LogP contribution >= 0.6 is 11.9 Å². The SMILES string of the molecule is CNSc1ccc(N(C)C)c(NC)c1. The molecule has 2 N–H and O–H groups in total. The number of anilines is 2. The van der Waals surface area contributed by atoms with Crippen LogP contribution in [0.2, 0.25) is 0 Å². The number of nitrogens with one attached hydrogen (secondary N) is 2. The standard InChI is InChI=1S/C10H17N3S/c1-11-9-7-8(14-12-2)5-6-10(9)13(3)4/h5-7,11-12H,1-4H3. The number of nitrogens with zero attached hydrogens (tertiary/aromatic N) is 1. The Bertz CT molecular complexity index is 299. The molecule has 0 saturated carbocycles. The molecule has 1 rings (SSSR count). The minimum atomic E-state index is 1.15. The van der Waals surface area contributed by atoms with Gasteiger partial charge in [-0.25, -0.2) is 0 Å². The van der Waals surface area contributed by atoms with Gasteiger partial charge < -0.3 is 10.2 Å². The Kier molecular flexibility index (Phi) is 4.10. The summed E-state index contributed by atoms with van der Waals surface area (Å²) in [6, 6.07) is 6.36. The predicted molar refractivity (Wildman–Crippen MR) is 65.2 cm³/mol. The van der Waals surface area contributed by atoms with Gasteiger partial charge in [-0.05, 0) is 37.2 Å². The normalized spacial score (nSPS) is 10.0. The van der Waals surface area contributed by atoms with Gasteiger partial charge in [0.1, 0.15) is 0 Å². The average Bonchev–Trinajstić information content (AvgIpc) is 2.17. The molecule has 1 aromatic rings. The van der Waals surface area contributed by atoms with E-state index in [9.17, 15) is 0 Å². The molecular weight excluding hydrogens is 194 g/mol. The van der Waals surface area contributed by atoms with Gasteiger partial charge in [0, 0.05) is 26.0 Å². The number of rotatable bonds is 4. The van der Waals surface area contributed by atoms with Crippen molar-refractivity contribution in [3.63, 3.8) is 0 Å². The highest BCUT2D eigenvalue weighted by Crippen LogP contribution is 2.28. The first-order valence-electron chi connectivity index (χ1n) is 4.51. The van der Waals surface area contributed by atoms with Crippen molar-refractivity contribution in [1.82, 2.24) is 4.72 Å². The van der Waals surface area contributed by atoms with Crippen LogP contribution in [0.1, 0.15) is 0 Å². The number of hydrogen-bond acceptors (Lipinski definition) is 4. The molecule has 0 aromatic heterocycles. The van der Waals surface area contributed by atoms with E-state index < -0.39 is 0 Å². The Morgan fingerprint density at radius 3 is 2.43 bits per heavy atom. The predicted octanol–water partition coefficient (Wildman–Crippen LogP) is 2.02. The Morgan fingerprint density at radius 2 is 1.93 bits per heavy atom. The fraction of sp³-hybridized carbons (Fsp3) is 0.400. The Morgan fingerprint density at radius 1 is 1.21 bits per heavy atom. The van der Waals surface area contributed by atoms with Gasteiger partial charge in [0.2, 0.25) is 0 Å². The molecule has 0 spiro atoms. The lowest BCUT2D eigenvalue weighted by atomic mass is 10.2. The van der Waals surface area contributed by atoms with Crippen molar-refractivity contribution in [1.29, 1.82) is 0 Å². The first-order valence-corrected chi connectivity index (χ1v) is 5.33. The second-order valence-electron chi connectivity index (χ2n) is 3.13. The molecular formula is C10H17N3S. The second-order valence-corrected chi connectivity index (χ2v) is 4.21. The van der Waals surface area contributed by atoms with Crippen molar-refractivity contribution in [3.8, 4) is 0 Å². The van der Waals surface area contributed by atoms with E-state index in [-0.39, 0.29) is 0 Å². The quantitative estimate of drug-likeness (QED) is 0.745. The zero-order chi connectivity index (χ0) is 10.6. The van der Waals surface area contributed by atoms with Crippen LogP contribution in [0.15, 0.2) is 23.1 Å². The molecule has 78 valence electrons. The highest BCUT2D eigenvalue weighted by Gasteiger charge is 2.03. The molecule has 0 radical (unpaired) electrons. The third-order valence-electron chi connectivity index (χ3n) is 1.94. The third-order valence-corrected chi connectivity index (χ3v) is 2.63. The van der Waals surface area contributed by atoms with Crippen LogP contribution in [0.3, 0.4) is 0 Å². The lowest BCUT2D eigenvalue weighted by Crippen LogP contribution is -2.11. The lowest BCUT2D eigenvalue weighted by Gasteiger charge is -2.17. The topological polar surface area (TPSA) is 27.3 Å². The van der Waals surface area contributed by atoms with Crippen molar-refractivity contribution < 1.29 is 0 Å². The van der Waals surface area contributed by atoms with Gasteiger partial charge in [0.15, 0.2) is 0 Å². The molecule has 0 atom stereocenters. The summed E-state index contributed by atoms with van der Waals surface area (Å²) in [6.07, 6.45) is 0. The summed E-state index contributed by atoms with van der Waals surface area (Å²) in [4.78, 5) is 3.31. The zero-order valence-electron chi connectivity index (χ0n) is 9.09. The molecule has 0 amide bonds. The average molecular weight is 211 g/mol. The molecule has 0 saturated heterocycles. The smallest absolute Gasteiger partial charge is 0.0597 e. The van der Waals surface area contributed by atoms with Gasteiger partial charge in [0.25, 0.3) is 0 Å².